The maximum Gasteiger partial charge on any atom is 0.264 e. The summed E-state index contributed by atoms with van der Waals surface area (Å²) < 4.78 is 30.4. The van der Waals surface area contributed by atoms with Crippen LogP contribution in [0.3, 0.4) is 0 Å². The molecular weight excluding hydrogens is 284 g/mol. The Labute approximate surface area is 128 Å². The van der Waals surface area contributed by atoms with Crippen molar-refractivity contribution in [3.8, 4) is 0 Å². The Morgan fingerprint density at radius 2 is 1.71 bits per heavy atom. The summed E-state index contributed by atoms with van der Waals surface area (Å²) in [5.74, 6) is -0.104. The lowest BCUT2D eigenvalue weighted by Gasteiger charge is -2.29. The smallest absolute Gasteiger partial charge is 0.264 e. The van der Waals surface area contributed by atoms with Crippen LogP contribution in [0, 0.1) is 12.3 Å². The zero-order valence-electron chi connectivity index (χ0n) is 12.8. The summed E-state index contributed by atoms with van der Waals surface area (Å²) in [7, 11) is -3.80. The van der Waals surface area contributed by atoms with Gasteiger partial charge in [0.05, 0.1) is 5.75 Å². The third-order valence-corrected chi connectivity index (χ3v) is 5.53. The highest BCUT2D eigenvalue weighted by molar-refractivity contribution is 7.85. The van der Waals surface area contributed by atoms with Crippen molar-refractivity contribution in [1.82, 2.24) is 0 Å². The van der Waals surface area contributed by atoms with Crippen LogP contribution in [0.4, 0.5) is 0 Å². The van der Waals surface area contributed by atoms with Gasteiger partial charge in [0.15, 0.2) is 0 Å². The van der Waals surface area contributed by atoms with E-state index in [1.165, 1.54) is 36.8 Å². The quantitative estimate of drug-likeness (QED) is 0.608. The van der Waals surface area contributed by atoms with E-state index in [1.807, 2.05) is 0 Å². The molecule has 1 saturated carbocycles. The van der Waals surface area contributed by atoms with Crippen LogP contribution in [0.5, 0.6) is 0 Å². The van der Waals surface area contributed by atoms with Gasteiger partial charge in [-0.1, -0.05) is 49.1 Å². The fourth-order valence-corrected chi connectivity index (χ4v) is 4.13. The first kappa shape index (κ1) is 16.5. The average Bonchev–Trinajstić information content (AvgIpc) is 2.86. The van der Waals surface area contributed by atoms with Crippen LogP contribution in [0.1, 0.15) is 56.1 Å². The van der Waals surface area contributed by atoms with E-state index in [9.17, 15) is 8.42 Å². The largest absolute Gasteiger partial charge is 0.286 e. The minimum Gasteiger partial charge on any atom is -0.286 e. The second-order valence-electron chi connectivity index (χ2n) is 6.61. The van der Waals surface area contributed by atoms with Crippen LogP contribution in [-0.4, -0.2) is 18.7 Å². The van der Waals surface area contributed by atoms with E-state index in [0.717, 1.165) is 19.3 Å². The fourth-order valence-electron chi connectivity index (χ4n) is 3.56. The summed E-state index contributed by atoms with van der Waals surface area (Å²) in [4.78, 5) is 0. The predicted octanol–water partition coefficient (Wildman–Crippen LogP) is 4.16. The molecule has 0 aromatic heterocycles. The molecule has 1 aromatic carbocycles. The van der Waals surface area contributed by atoms with Crippen molar-refractivity contribution in [2.24, 2.45) is 5.41 Å². The van der Waals surface area contributed by atoms with E-state index in [4.69, 9.17) is 4.55 Å². The molecule has 118 valence electrons. The molecule has 1 fully saturated rings. The monoisotopic (exact) mass is 310 g/mol. The minimum absolute atomic E-state index is 0.104. The van der Waals surface area contributed by atoms with Gasteiger partial charge in [-0.25, -0.2) is 0 Å². The molecule has 0 heterocycles. The first-order chi connectivity index (χ1) is 9.89. The lowest BCUT2D eigenvalue weighted by atomic mass is 9.76. The third kappa shape index (κ3) is 5.44. The molecule has 0 unspecified atom stereocenters. The Balaban J connectivity index is 1.92. The van der Waals surface area contributed by atoms with Gasteiger partial charge in [-0.05, 0) is 50.0 Å². The van der Waals surface area contributed by atoms with Crippen molar-refractivity contribution >= 4 is 10.1 Å². The van der Waals surface area contributed by atoms with Gasteiger partial charge in [-0.15, -0.1) is 0 Å². The zero-order chi connectivity index (χ0) is 15.3. The molecule has 1 N–H and O–H groups in total. The number of hydrogen-bond acceptors (Lipinski definition) is 2. The molecule has 0 aliphatic heterocycles. The third-order valence-electron chi connectivity index (χ3n) is 4.72. The number of unbranched alkanes of at least 4 members (excludes halogenated alkanes) is 1. The molecule has 0 bridgehead atoms. The van der Waals surface area contributed by atoms with Gasteiger partial charge in [0.1, 0.15) is 0 Å². The normalized spacial score (nSPS) is 18.0. The molecule has 0 amide bonds. The molecule has 1 aliphatic carbocycles. The standard InChI is InChI=1S/C17H26O3S/c1-15-6-8-16(9-7-15)14-17(10-2-3-11-17)12-4-5-13-21(18,19)20/h6-9H,2-5,10-14H2,1H3,(H,18,19,20). The van der Waals surface area contributed by atoms with Crippen molar-refractivity contribution in [3.63, 3.8) is 0 Å². The molecule has 2 rings (SSSR count). The molecule has 3 nitrogen and oxygen atoms in total. The van der Waals surface area contributed by atoms with E-state index in [-0.39, 0.29) is 5.75 Å². The Morgan fingerprint density at radius 3 is 2.29 bits per heavy atom. The molecule has 4 heteroatoms. The van der Waals surface area contributed by atoms with Crippen LogP contribution in [-0.2, 0) is 16.5 Å². The van der Waals surface area contributed by atoms with Crippen LogP contribution >= 0.6 is 0 Å². The van der Waals surface area contributed by atoms with Crippen molar-refractivity contribution in [2.75, 3.05) is 5.75 Å². The maximum absolute atomic E-state index is 10.8. The van der Waals surface area contributed by atoms with Gasteiger partial charge in [0.2, 0.25) is 0 Å². The summed E-state index contributed by atoms with van der Waals surface area (Å²) in [6.45, 7) is 2.10. The number of hydrogen-bond donors (Lipinski definition) is 1. The number of rotatable bonds is 7. The Kier molecular flexibility index (Phi) is 5.44. The lowest BCUT2D eigenvalue weighted by molar-refractivity contribution is 0.260. The Hall–Kier alpha value is -0.870. The van der Waals surface area contributed by atoms with Crippen LogP contribution < -0.4 is 0 Å². The summed E-state index contributed by atoms with van der Waals surface area (Å²) in [5.41, 5.74) is 3.01. The van der Waals surface area contributed by atoms with E-state index in [1.54, 1.807) is 0 Å². The van der Waals surface area contributed by atoms with E-state index in [2.05, 4.69) is 31.2 Å². The van der Waals surface area contributed by atoms with Crippen LogP contribution in [0.25, 0.3) is 0 Å². The first-order valence-corrected chi connectivity index (χ1v) is 9.50. The minimum atomic E-state index is -3.80. The SMILES string of the molecule is Cc1ccc(CC2(CCCCS(=O)(=O)O)CCCC2)cc1. The topological polar surface area (TPSA) is 54.4 Å². The Morgan fingerprint density at radius 1 is 1.10 bits per heavy atom. The van der Waals surface area contributed by atoms with Gasteiger partial charge in [-0.2, -0.15) is 8.42 Å². The number of aryl methyl sites for hydroxylation is 1. The van der Waals surface area contributed by atoms with Crippen molar-refractivity contribution in [3.05, 3.63) is 35.4 Å². The van der Waals surface area contributed by atoms with Gasteiger partial charge < -0.3 is 0 Å². The summed E-state index contributed by atoms with van der Waals surface area (Å²) >= 11 is 0. The van der Waals surface area contributed by atoms with Crippen molar-refractivity contribution < 1.29 is 13.0 Å². The molecule has 0 spiro atoms. The highest BCUT2D eigenvalue weighted by Gasteiger charge is 2.33. The van der Waals surface area contributed by atoms with Crippen LogP contribution in [0.15, 0.2) is 24.3 Å². The second kappa shape index (κ2) is 6.93. The summed E-state index contributed by atoms with van der Waals surface area (Å²) in [5, 5.41) is 0. The lowest BCUT2D eigenvalue weighted by Crippen LogP contribution is -2.20. The molecule has 0 saturated heterocycles. The molecule has 1 aliphatic rings. The predicted molar refractivity (Wildman–Crippen MR) is 86.1 cm³/mol. The van der Waals surface area contributed by atoms with Crippen LogP contribution in [0.2, 0.25) is 0 Å². The second-order valence-corrected chi connectivity index (χ2v) is 8.18. The number of benzene rings is 1. The zero-order valence-corrected chi connectivity index (χ0v) is 13.7. The van der Waals surface area contributed by atoms with Gasteiger partial charge in [0, 0.05) is 0 Å². The van der Waals surface area contributed by atoms with Crippen molar-refractivity contribution in [2.45, 2.75) is 58.3 Å². The highest BCUT2D eigenvalue weighted by atomic mass is 32.2. The molecule has 21 heavy (non-hydrogen) atoms. The highest BCUT2D eigenvalue weighted by Crippen LogP contribution is 2.44. The molecule has 1 aromatic rings. The summed E-state index contributed by atoms with van der Waals surface area (Å²) in [6, 6.07) is 8.76. The Bertz CT molecular complexity index is 540. The first-order valence-electron chi connectivity index (χ1n) is 7.89. The van der Waals surface area contributed by atoms with E-state index >= 15 is 0 Å². The van der Waals surface area contributed by atoms with E-state index < -0.39 is 10.1 Å². The van der Waals surface area contributed by atoms with Crippen molar-refractivity contribution in [1.29, 1.82) is 0 Å². The summed E-state index contributed by atoms with van der Waals surface area (Å²) in [6.07, 6.45) is 8.66. The fraction of sp³-hybridized carbons (Fsp3) is 0.647. The van der Waals surface area contributed by atoms with Gasteiger partial charge in [-0.3, -0.25) is 4.55 Å². The van der Waals surface area contributed by atoms with E-state index in [0.29, 0.717) is 11.8 Å². The average molecular weight is 310 g/mol. The van der Waals surface area contributed by atoms with Gasteiger partial charge in [0.25, 0.3) is 10.1 Å². The molecule has 0 radical (unpaired) electrons. The molecular formula is C17H26O3S. The molecule has 0 atom stereocenters. The maximum atomic E-state index is 10.8. The van der Waals surface area contributed by atoms with Gasteiger partial charge >= 0.3 is 0 Å².